The van der Waals surface area contributed by atoms with Crippen LogP contribution in [0.4, 0.5) is 5.69 Å². The second-order valence-corrected chi connectivity index (χ2v) is 5.41. The van der Waals surface area contributed by atoms with E-state index in [9.17, 15) is 5.26 Å². The molecule has 0 amide bonds. The van der Waals surface area contributed by atoms with Gasteiger partial charge < -0.3 is 9.64 Å². The van der Waals surface area contributed by atoms with E-state index in [1.54, 1.807) is 24.7 Å². The minimum absolute atomic E-state index is 0.528. The van der Waals surface area contributed by atoms with Crippen LogP contribution < -0.4 is 9.64 Å². The van der Waals surface area contributed by atoms with Gasteiger partial charge in [-0.1, -0.05) is 6.07 Å². The van der Waals surface area contributed by atoms with Gasteiger partial charge in [-0.2, -0.15) is 5.26 Å². The van der Waals surface area contributed by atoms with E-state index in [1.165, 1.54) is 0 Å². The maximum Gasteiger partial charge on any atom is 0.213 e. The fourth-order valence-electron chi connectivity index (χ4n) is 2.71. The maximum absolute atomic E-state index is 9.18. The van der Waals surface area contributed by atoms with Crippen LogP contribution in [0.25, 0.3) is 0 Å². The lowest BCUT2D eigenvalue weighted by Crippen LogP contribution is -2.36. The standard InChI is InChI=1S/C17H18N4O/c18-11-15-4-8-19-12-16(15)21-9-5-14(6-10-21)13-22-17-3-1-2-7-20-17/h1-4,7-8,12,14H,5-6,9-10,13H2. The number of piperidine rings is 1. The van der Waals surface area contributed by atoms with Gasteiger partial charge in [-0.05, 0) is 30.9 Å². The molecule has 0 unspecified atom stereocenters. The Morgan fingerprint density at radius 3 is 2.82 bits per heavy atom. The van der Waals surface area contributed by atoms with E-state index in [1.807, 2.05) is 18.2 Å². The highest BCUT2D eigenvalue weighted by atomic mass is 16.5. The number of pyridine rings is 2. The first-order valence-electron chi connectivity index (χ1n) is 7.49. The van der Waals surface area contributed by atoms with Crippen LogP contribution >= 0.6 is 0 Å². The van der Waals surface area contributed by atoms with Crippen molar-refractivity contribution in [3.05, 3.63) is 48.4 Å². The number of nitriles is 1. The van der Waals surface area contributed by atoms with Gasteiger partial charge in [0, 0.05) is 31.5 Å². The van der Waals surface area contributed by atoms with Crippen LogP contribution in [0.3, 0.4) is 0 Å². The first-order chi connectivity index (χ1) is 10.9. The molecule has 3 rings (SSSR count). The van der Waals surface area contributed by atoms with E-state index in [0.29, 0.717) is 24.0 Å². The Labute approximate surface area is 130 Å². The summed E-state index contributed by atoms with van der Waals surface area (Å²) in [6, 6.07) is 9.69. The molecule has 2 aromatic rings. The van der Waals surface area contributed by atoms with Gasteiger partial charge in [0.1, 0.15) is 6.07 Å². The predicted octanol–water partition coefficient (Wildman–Crippen LogP) is 2.64. The third-order valence-corrected chi connectivity index (χ3v) is 3.98. The van der Waals surface area contributed by atoms with Crippen molar-refractivity contribution in [1.82, 2.24) is 9.97 Å². The molecule has 0 atom stereocenters. The molecule has 3 heterocycles. The van der Waals surface area contributed by atoms with Crippen LogP contribution in [-0.2, 0) is 0 Å². The highest BCUT2D eigenvalue weighted by molar-refractivity contribution is 5.57. The van der Waals surface area contributed by atoms with E-state index in [4.69, 9.17) is 4.74 Å². The summed E-state index contributed by atoms with van der Waals surface area (Å²) in [5.74, 6) is 1.21. The number of hydrogen-bond acceptors (Lipinski definition) is 5. The summed E-state index contributed by atoms with van der Waals surface area (Å²) in [7, 11) is 0. The number of ether oxygens (including phenoxy) is 1. The number of anilines is 1. The van der Waals surface area contributed by atoms with Crippen molar-refractivity contribution in [2.75, 3.05) is 24.6 Å². The second-order valence-electron chi connectivity index (χ2n) is 5.41. The van der Waals surface area contributed by atoms with Gasteiger partial charge in [0.05, 0.1) is 24.1 Å². The largest absolute Gasteiger partial charge is 0.477 e. The van der Waals surface area contributed by atoms with E-state index < -0.39 is 0 Å². The summed E-state index contributed by atoms with van der Waals surface area (Å²) in [5, 5.41) is 9.18. The van der Waals surface area contributed by atoms with Gasteiger partial charge in [-0.3, -0.25) is 4.98 Å². The van der Waals surface area contributed by atoms with Gasteiger partial charge in [0.15, 0.2) is 0 Å². The summed E-state index contributed by atoms with van der Waals surface area (Å²) in [6.07, 6.45) is 7.28. The van der Waals surface area contributed by atoms with Crippen LogP contribution in [0, 0.1) is 17.2 Å². The first kappa shape index (κ1) is 14.3. The average Bonchev–Trinajstić information content (AvgIpc) is 2.61. The number of aromatic nitrogens is 2. The molecule has 2 aromatic heterocycles. The molecule has 0 radical (unpaired) electrons. The molecule has 22 heavy (non-hydrogen) atoms. The molecule has 0 N–H and O–H groups in total. The summed E-state index contributed by atoms with van der Waals surface area (Å²) < 4.78 is 5.74. The Balaban J connectivity index is 1.53. The normalized spacial score (nSPS) is 15.3. The number of hydrogen-bond donors (Lipinski definition) is 0. The Morgan fingerprint density at radius 2 is 2.09 bits per heavy atom. The van der Waals surface area contributed by atoms with Crippen LogP contribution in [0.15, 0.2) is 42.9 Å². The summed E-state index contributed by atoms with van der Waals surface area (Å²) in [6.45, 7) is 2.55. The topological polar surface area (TPSA) is 62.0 Å². The van der Waals surface area contributed by atoms with Gasteiger partial charge in [-0.25, -0.2) is 4.98 Å². The zero-order chi connectivity index (χ0) is 15.2. The zero-order valence-electron chi connectivity index (χ0n) is 12.4. The monoisotopic (exact) mass is 294 g/mol. The van der Waals surface area contributed by atoms with Crippen molar-refractivity contribution in [1.29, 1.82) is 5.26 Å². The van der Waals surface area contributed by atoms with E-state index >= 15 is 0 Å². The maximum atomic E-state index is 9.18. The van der Waals surface area contributed by atoms with Crippen molar-refractivity contribution in [3.8, 4) is 11.9 Å². The van der Waals surface area contributed by atoms with E-state index in [0.717, 1.165) is 31.6 Å². The molecule has 0 aromatic carbocycles. The second kappa shape index (κ2) is 6.90. The third kappa shape index (κ3) is 3.34. The number of nitrogens with zero attached hydrogens (tertiary/aromatic N) is 4. The van der Waals surface area contributed by atoms with E-state index in [2.05, 4.69) is 20.9 Å². The molecule has 1 saturated heterocycles. The molecule has 0 bridgehead atoms. The molecule has 0 saturated carbocycles. The Morgan fingerprint density at radius 1 is 1.23 bits per heavy atom. The molecule has 1 aliphatic rings. The van der Waals surface area contributed by atoms with Crippen LogP contribution in [0.1, 0.15) is 18.4 Å². The first-order valence-corrected chi connectivity index (χ1v) is 7.49. The fourth-order valence-corrected chi connectivity index (χ4v) is 2.71. The molecule has 1 aliphatic heterocycles. The predicted molar refractivity (Wildman–Crippen MR) is 83.6 cm³/mol. The van der Waals surface area contributed by atoms with Crippen molar-refractivity contribution >= 4 is 5.69 Å². The summed E-state index contributed by atoms with van der Waals surface area (Å²) in [5.41, 5.74) is 1.63. The summed E-state index contributed by atoms with van der Waals surface area (Å²) >= 11 is 0. The minimum atomic E-state index is 0.528. The lowest BCUT2D eigenvalue weighted by Gasteiger charge is -2.33. The molecule has 0 spiro atoms. The van der Waals surface area contributed by atoms with Gasteiger partial charge in [0.2, 0.25) is 5.88 Å². The van der Waals surface area contributed by atoms with E-state index in [-0.39, 0.29) is 0 Å². The Kier molecular flexibility index (Phi) is 4.50. The Hall–Kier alpha value is -2.61. The third-order valence-electron chi connectivity index (χ3n) is 3.98. The van der Waals surface area contributed by atoms with Gasteiger partial charge >= 0.3 is 0 Å². The van der Waals surface area contributed by atoms with Crippen LogP contribution in [0.2, 0.25) is 0 Å². The molecule has 1 fully saturated rings. The van der Waals surface area contributed by atoms with Gasteiger partial charge in [0.25, 0.3) is 0 Å². The smallest absolute Gasteiger partial charge is 0.213 e. The molecule has 0 aliphatic carbocycles. The fraction of sp³-hybridized carbons (Fsp3) is 0.353. The highest BCUT2D eigenvalue weighted by Crippen LogP contribution is 2.25. The minimum Gasteiger partial charge on any atom is -0.477 e. The lowest BCUT2D eigenvalue weighted by atomic mass is 9.97. The molecule has 5 heteroatoms. The Bertz CT molecular complexity index is 645. The molecular formula is C17H18N4O. The SMILES string of the molecule is N#Cc1ccncc1N1CCC(COc2ccccn2)CC1. The lowest BCUT2D eigenvalue weighted by molar-refractivity contribution is 0.216. The molecule has 5 nitrogen and oxygen atoms in total. The highest BCUT2D eigenvalue weighted by Gasteiger charge is 2.21. The average molecular weight is 294 g/mol. The van der Waals surface area contributed by atoms with Crippen molar-refractivity contribution in [3.63, 3.8) is 0 Å². The van der Waals surface area contributed by atoms with Crippen molar-refractivity contribution < 1.29 is 4.74 Å². The van der Waals surface area contributed by atoms with Crippen LogP contribution in [0.5, 0.6) is 5.88 Å². The molecular weight excluding hydrogens is 276 g/mol. The van der Waals surface area contributed by atoms with Gasteiger partial charge in [-0.15, -0.1) is 0 Å². The zero-order valence-corrected chi connectivity index (χ0v) is 12.4. The van der Waals surface area contributed by atoms with Crippen LogP contribution in [-0.4, -0.2) is 29.7 Å². The molecule has 112 valence electrons. The quantitative estimate of drug-likeness (QED) is 0.867. The van der Waals surface area contributed by atoms with Crippen molar-refractivity contribution in [2.24, 2.45) is 5.92 Å². The number of rotatable bonds is 4. The summed E-state index contributed by atoms with van der Waals surface area (Å²) in [4.78, 5) is 10.5. The van der Waals surface area contributed by atoms with Crippen molar-refractivity contribution in [2.45, 2.75) is 12.8 Å².